The summed E-state index contributed by atoms with van der Waals surface area (Å²) in [6, 6.07) is 13.2. The van der Waals surface area contributed by atoms with Gasteiger partial charge in [-0.2, -0.15) is 4.31 Å². The van der Waals surface area contributed by atoms with Gasteiger partial charge in [-0.05, 0) is 55.7 Å². The van der Waals surface area contributed by atoms with Crippen LogP contribution in [0.1, 0.15) is 32.3 Å². The molecule has 0 aliphatic carbocycles. The number of hydrogen-bond donors (Lipinski definition) is 2. The standard InChI is InChI=1S/C22H26N4O5S/c1-16(18-8-10-19(11-9-18)23-17(2)27)25-31-15-22(28)24-20-6-5-7-21(14-20)32(29,30)26-12-3-4-13-26/h5-11,14H,3-4,12-13,15H2,1-2H3,(H,23,27)(H,24,28)/b25-16+. The summed E-state index contributed by atoms with van der Waals surface area (Å²) in [6.45, 7) is 3.87. The minimum Gasteiger partial charge on any atom is -0.385 e. The van der Waals surface area contributed by atoms with Crippen molar-refractivity contribution in [2.75, 3.05) is 30.3 Å². The third kappa shape index (κ3) is 6.14. The number of hydrogen-bond acceptors (Lipinski definition) is 6. The number of carbonyl (C=O) groups excluding carboxylic acids is 2. The van der Waals surface area contributed by atoms with Gasteiger partial charge >= 0.3 is 0 Å². The Kier molecular flexibility index (Phi) is 7.60. The first-order chi connectivity index (χ1) is 15.3. The van der Waals surface area contributed by atoms with Crippen LogP contribution in [0, 0.1) is 0 Å². The monoisotopic (exact) mass is 458 g/mol. The lowest BCUT2D eigenvalue weighted by Crippen LogP contribution is -2.28. The maximum Gasteiger partial charge on any atom is 0.265 e. The molecule has 1 saturated heterocycles. The Hall–Kier alpha value is -3.24. The number of carbonyl (C=O) groups is 2. The predicted molar refractivity (Wildman–Crippen MR) is 122 cm³/mol. The number of nitrogens with zero attached hydrogens (tertiary/aromatic N) is 2. The molecule has 32 heavy (non-hydrogen) atoms. The molecule has 3 rings (SSSR count). The Balaban J connectivity index is 1.55. The molecule has 2 aromatic rings. The van der Waals surface area contributed by atoms with E-state index >= 15 is 0 Å². The highest BCUT2D eigenvalue weighted by atomic mass is 32.2. The smallest absolute Gasteiger partial charge is 0.265 e. The molecule has 2 aromatic carbocycles. The van der Waals surface area contributed by atoms with Crippen LogP contribution in [-0.2, 0) is 24.4 Å². The minimum absolute atomic E-state index is 0.148. The summed E-state index contributed by atoms with van der Waals surface area (Å²) >= 11 is 0. The molecule has 0 unspecified atom stereocenters. The van der Waals surface area contributed by atoms with Crippen molar-refractivity contribution in [1.82, 2.24) is 4.31 Å². The van der Waals surface area contributed by atoms with Gasteiger partial charge < -0.3 is 15.5 Å². The Morgan fingerprint density at radius 1 is 1.00 bits per heavy atom. The number of amides is 2. The Bertz CT molecular complexity index is 1110. The largest absolute Gasteiger partial charge is 0.385 e. The fraction of sp³-hybridized carbons (Fsp3) is 0.318. The highest BCUT2D eigenvalue weighted by Crippen LogP contribution is 2.23. The van der Waals surface area contributed by atoms with Crippen LogP contribution in [-0.4, -0.2) is 49.9 Å². The van der Waals surface area contributed by atoms with E-state index in [1.807, 2.05) is 0 Å². The molecule has 170 valence electrons. The molecule has 1 fully saturated rings. The molecule has 10 heteroatoms. The second kappa shape index (κ2) is 10.4. The van der Waals surface area contributed by atoms with Crippen molar-refractivity contribution in [3.63, 3.8) is 0 Å². The van der Waals surface area contributed by atoms with Crippen molar-refractivity contribution < 1.29 is 22.8 Å². The van der Waals surface area contributed by atoms with Gasteiger partial charge in [-0.3, -0.25) is 9.59 Å². The molecule has 2 N–H and O–H groups in total. The van der Waals surface area contributed by atoms with Crippen molar-refractivity contribution in [3.8, 4) is 0 Å². The fourth-order valence-corrected chi connectivity index (χ4v) is 4.81. The third-order valence-corrected chi connectivity index (χ3v) is 6.74. The quantitative estimate of drug-likeness (QED) is 0.466. The van der Waals surface area contributed by atoms with E-state index in [9.17, 15) is 18.0 Å². The summed E-state index contributed by atoms with van der Waals surface area (Å²) in [6.07, 6.45) is 1.71. The number of oxime groups is 1. The van der Waals surface area contributed by atoms with Crippen LogP contribution in [0.4, 0.5) is 11.4 Å². The van der Waals surface area contributed by atoms with Crippen molar-refractivity contribution in [3.05, 3.63) is 54.1 Å². The van der Waals surface area contributed by atoms with Crippen LogP contribution >= 0.6 is 0 Å². The fourth-order valence-electron chi connectivity index (χ4n) is 3.25. The van der Waals surface area contributed by atoms with Crippen LogP contribution in [0.25, 0.3) is 0 Å². The van der Waals surface area contributed by atoms with E-state index in [1.54, 1.807) is 43.3 Å². The third-order valence-electron chi connectivity index (χ3n) is 4.84. The van der Waals surface area contributed by atoms with Gasteiger partial charge in [-0.1, -0.05) is 23.4 Å². The Labute approximate surface area is 187 Å². The zero-order valence-corrected chi connectivity index (χ0v) is 18.8. The lowest BCUT2D eigenvalue weighted by molar-refractivity contribution is -0.120. The van der Waals surface area contributed by atoms with Gasteiger partial charge in [-0.25, -0.2) is 8.42 Å². The maximum absolute atomic E-state index is 12.7. The number of anilines is 2. The summed E-state index contributed by atoms with van der Waals surface area (Å²) in [5.74, 6) is -0.616. The van der Waals surface area contributed by atoms with E-state index in [2.05, 4.69) is 15.8 Å². The summed E-state index contributed by atoms with van der Waals surface area (Å²) in [7, 11) is -3.56. The molecule has 1 heterocycles. The number of rotatable bonds is 8. The summed E-state index contributed by atoms with van der Waals surface area (Å²) in [5, 5.41) is 9.25. The van der Waals surface area contributed by atoms with Crippen LogP contribution in [0.3, 0.4) is 0 Å². The average molecular weight is 459 g/mol. The van der Waals surface area contributed by atoms with Crippen LogP contribution in [0.15, 0.2) is 58.6 Å². The predicted octanol–water partition coefficient (Wildman–Crippen LogP) is 2.81. The van der Waals surface area contributed by atoms with Crippen molar-refractivity contribution in [2.24, 2.45) is 5.16 Å². The van der Waals surface area contributed by atoms with Gasteiger partial charge in [0.15, 0.2) is 6.61 Å². The maximum atomic E-state index is 12.7. The Morgan fingerprint density at radius 3 is 2.34 bits per heavy atom. The Morgan fingerprint density at radius 2 is 1.69 bits per heavy atom. The molecule has 0 aromatic heterocycles. The SMILES string of the molecule is CC(=O)Nc1ccc(/C(C)=N/OCC(=O)Nc2cccc(S(=O)(=O)N3CCCC3)c2)cc1. The van der Waals surface area contributed by atoms with E-state index in [4.69, 9.17) is 4.84 Å². The van der Waals surface area contributed by atoms with Crippen LogP contribution in [0.2, 0.25) is 0 Å². The second-order valence-electron chi connectivity index (χ2n) is 7.40. The summed E-state index contributed by atoms with van der Waals surface area (Å²) in [5.41, 5.74) is 2.38. The highest BCUT2D eigenvalue weighted by Gasteiger charge is 2.27. The topological polar surface area (TPSA) is 117 Å². The molecule has 0 saturated carbocycles. The van der Waals surface area contributed by atoms with Gasteiger partial charge in [0, 0.05) is 31.4 Å². The van der Waals surface area contributed by atoms with E-state index in [0.29, 0.717) is 30.2 Å². The van der Waals surface area contributed by atoms with E-state index in [-0.39, 0.29) is 17.4 Å². The molecule has 9 nitrogen and oxygen atoms in total. The second-order valence-corrected chi connectivity index (χ2v) is 9.33. The zero-order valence-electron chi connectivity index (χ0n) is 18.0. The summed E-state index contributed by atoms with van der Waals surface area (Å²) < 4.78 is 26.8. The molecular weight excluding hydrogens is 432 g/mol. The first-order valence-corrected chi connectivity index (χ1v) is 11.6. The van der Waals surface area contributed by atoms with E-state index < -0.39 is 15.9 Å². The molecular formula is C22H26N4O5S. The molecule has 0 atom stereocenters. The normalized spacial score (nSPS) is 14.8. The highest BCUT2D eigenvalue weighted by molar-refractivity contribution is 7.89. The first kappa shape index (κ1) is 23.4. The van der Waals surface area contributed by atoms with Gasteiger partial charge in [0.25, 0.3) is 5.91 Å². The van der Waals surface area contributed by atoms with Gasteiger partial charge in [-0.15, -0.1) is 0 Å². The summed E-state index contributed by atoms with van der Waals surface area (Å²) in [4.78, 5) is 28.5. The molecule has 0 radical (unpaired) electrons. The van der Waals surface area contributed by atoms with Crippen LogP contribution in [0.5, 0.6) is 0 Å². The molecule has 2 amide bonds. The number of benzene rings is 2. The molecule has 1 aliphatic rings. The first-order valence-electron chi connectivity index (χ1n) is 10.2. The van der Waals surface area contributed by atoms with Gasteiger partial charge in [0.05, 0.1) is 10.6 Å². The van der Waals surface area contributed by atoms with E-state index in [0.717, 1.165) is 18.4 Å². The minimum atomic E-state index is -3.56. The number of sulfonamides is 1. The lowest BCUT2D eigenvalue weighted by atomic mass is 10.1. The lowest BCUT2D eigenvalue weighted by Gasteiger charge is -2.16. The number of nitrogens with one attached hydrogen (secondary N) is 2. The van der Waals surface area contributed by atoms with Gasteiger partial charge in [0.1, 0.15) is 0 Å². The van der Waals surface area contributed by atoms with Gasteiger partial charge in [0.2, 0.25) is 15.9 Å². The zero-order chi connectivity index (χ0) is 23.1. The van der Waals surface area contributed by atoms with E-state index in [1.165, 1.54) is 23.4 Å². The van der Waals surface area contributed by atoms with Crippen LogP contribution < -0.4 is 10.6 Å². The van der Waals surface area contributed by atoms with Crippen molar-refractivity contribution in [2.45, 2.75) is 31.6 Å². The molecule has 0 spiro atoms. The average Bonchev–Trinajstić information content (AvgIpc) is 3.30. The van der Waals surface area contributed by atoms with Crippen molar-refractivity contribution in [1.29, 1.82) is 0 Å². The van der Waals surface area contributed by atoms with Crippen molar-refractivity contribution >= 4 is 38.9 Å². The molecule has 0 bridgehead atoms. The molecule has 1 aliphatic heterocycles.